The molecule has 2 fully saturated rings. The summed E-state index contributed by atoms with van der Waals surface area (Å²) in [6.07, 6.45) is 0.530. The minimum Gasteiger partial charge on any atom is -0.392 e. The van der Waals surface area contributed by atoms with Crippen molar-refractivity contribution in [1.82, 2.24) is 4.90 Å². The molecule has 0 aromatic rings. The van der Waals surface area contributed by atoms with Crippen LogP contribution >= 0.6 is 0 Å². The third-order valence-corrected chi connectivity index (χ3v) is 2.80. The van der Waals surface area contributed by atoms with Gasteiger partial charge in [0.2, 0.25) is 0 Å². The minimum atomic E-state index is -0.493. The van der Waals surface area contributed by atoms with Crippen molar-refractivity contribution >= 4 is 0 Å². The first-order chi connectivity index (χ1) is 6.46. The lowest BCUT2D eigenvalue weighted by molar-refractivity contribution is -0.151. The van der Waals surface area contributed by atoms with Gasteiger partial charge in [-0.25, -0.2) is 0 Å². The molecule has 3 atom stereocenters. The first-order valence-corrected chi connectivity index (χ1v) is 5.18. The molecule has 0 aromatic carbocycles. The van der Waals surface area contributed by atoms with Crippen LogP contribution in [-0.4, -0.2) is 54.2 Å². The summed E-state index contributed by atoms with van der Waals surface area (Å²) in [7, 11) is 2.00. The van der Waals surface area contributed by atoms with E-state index in [9.17, 15) is 5.11 Å². The smallest absolute Gasteiger partial charge is 0.163 e. The standard InChI is InChI=1S/C10H19NO3/c1-10(2)13-8-4-7(12)5-11(3)6-9(8)14-10/h7-9,12H,4-6H2,1-3H3. The Morgan fingerprint density at radius 3 is 2.57 bits per heavy atom. The molecule has 2 aliphatic rings. The van der Waals surface area contributed by atoms with Crippen LogP contribution in [0, 0.1) is 0 Å². The van der Waals surface area contributed by atoms with Crippen LogP contribution in [0.2, 0.25) is 0 Å². The molecule has 0 spiro atoms. The van der Waals surface area contributed by atoms with E-state index in [-0.39, 0.29) is 18.3 Å². The lowest BCUT2D eigenvalue weighted by Crippen LogP contribution is -2.33. The van der Waals surface area contributed by atoms with Crippen molar-refractivity contribution in [1.29, 1.82) is 0 Å². The second-order valence-electron chi connectivity index (χ2n) is 4.82. The van der Waals surface area contributed by atoms with E-state index in [4.69, 9.17) is 9.47 Å². The molecule has 0 bridgehead atoms. The molecule has 3 unspecified atom stereocenters. The van der Waals surface area contributed by atoms with Gasteiger partial charge >= 0.3 is 0 Å². The zero-order valence-electron chi connectivity index (χ0n) is 9.06. The van der Waals surface area contributed by atoms with Gasteiger partial charge in [0.1, 0.15) is 0 Å². The normalized spacial score (nSPS) is 43.3. The molecule has 4 nitrogen and oxygen atoms in total. The number of rotatable bonds is 0. The van der Waals surface area contributed by atoms with E-state index in [1.165, 1.54) is 0 Å². The molecule has 0 radical (unpaired) electrons. The second-order valence-corrected chi connectivity index (χ2v) is 4.82. The molecular formula is C10H19NO3. The Balaban J connectivity index is 2.07. The summed E-state index contributed by atoms with van der Waals surface area (Å²) in [5, 5.41) is 9.70. The number of β-amino-alcohol motifs (C(OH)–C–C–N with tert-alkyl or cyclic N) is 1. The van der Waals surface area contributed by atoms with Crippen LogP contribution in [-0.2, 0) is 9.47 Å². The summed E-state index contributed by atoms with van der Waals surface area (Å²) in [5.74, 6) is -0.493. The topological polar surface area (TPSA) is 41.9 Å². The molecule has 0 aliphatic carbocycles. The van der Waals surface area contributed by atoms with E-state index in [2.05, 4.69) is 4.90 Å². The zero-order chi connectivity index (χ0) is 10.3. The van der Waals surface area contributed by atoms with Gasteiger partial charge in [0.05, 0.1) is 18.3 Å². The predicted octanol–water partition coefficient (Wildman–Crippen LogP) is 0.203. The molecule has 2 heterocycles. The highest BCUT2D eigenvalue weighted by Gasteiger charge is 2.43. The molecule has 1 N–H and O–H groups in total. The average molecular weight is 201 g/mol. The van der Waals surface area contributed by atoms with Crippen molar-refractivity contribution in [3.63, 3.8) is 0 Å². The summed E-state index contributed by atoms with van der Waals surface area (Å²) in [6, 6.07) is 0. The van der Waals surface area contributed by atoms with Crippen molar-refractivity contribution in [3.05, 3.63) is 0 Å². The monoisotopic (exact) mass is 201 g/mol. The lowest BCUT2D eigenvalue weighted by Gasteiger charge is -2.21. The Hall–Kier alpha value is -0.160. The van der Waals surface area contributed by atoms with Crippen LogP contribution in [0.15, 0.2) is 0 Å². The van der Waals surface area contributed by atoms with Gasteiger partial charge in [-0.3, -0.25) is 0 Å². The number of aliphatic hydroxyl groups is 1. The fraction of sp³-hybridized carbons (Fsp3) is 1.00. The fourth-order valence-electron chi connectivity index (χ4n) is 2.35. The van der Waals surface area contributed by atoms with Crippen LogP contribution in [0.1, 0.15) is 20.3 Å². The molecule has 0 aromatic heterocycles. The third kappa shape index (κ3) is 2.08. The fourth-order valence-corrected chi connectivity index (χ4v) is 2.35. The summed E-state index contributed by atoms with van der Waals surface area (Å²) < 4.78 is 11.5. The van der Waals surface area contributed by atoms with Crippen molar-refractivity contribution in [2.75, 3.05) is 20.1 Å². The maximum atomic E-state index is 9.70. The number of aliphatic hydroxyl groups excluding tert-OH is 1. The van der Waals surface area contributed by atoms with Gasteiger partial charge in [-0.05, 0) is 20.9 Å². The van der Waals surface area contributed by atoms with E-state index in [0.717, 1.165) is 6.54 Å². The maximum absolute atomic E-state index is 9.70. The van der Waals surface area contributed by atoms with Gasteiger partial charge in [0.15, 0.2) is 5.79 Å². The van der Waals surface area contributed by atoms with Gasteiger partial charge in [0, 0.05) is 19.5 Å². The predicted molar refractivity (Wildman–Crippen MR) is 51.9 cm³/mol. The highest BCUT2D eigenvalue weighted by atomic mass is 16.8. The number of hydrogen-bond donors (Lipinski definition) is 1. The summed E-state index contributed by atoms with van der Waals surface area (Å²) in [4.78, 5) is 2.10. The highest BCUT2D eigenvalue weighted by Crippen LogP contribution is 2.32. The van der Waals surface area contributed by atoms with Crippen LogP contribution in [0.5, 0.6) is 0 Å². The van der Waals surface area contributed by atoms with E-state index < -0.39 is 5.79 Å². The SMILES string of the molecule is CN1CC(O)CC2OC(C)(C)OC2C1. The van der Waals surface area contributed by atoms with Crippen molar-refractivity contribution in [2.24, 2.45) is 0 Å². The quantitative estimate of drug-likeness (QED) is 0.608. The average Bonchev–Trinajstić information content (AvgIpc) is 2.17. The van der Waals surface area contributed by atoms with Gasteiger partial charge < -0.3 is 19.5 Å². The summed E-state index contributed by atoms with van der Waals surface area (Å²) in [5.41, 5.74) is 0. The Labute approximate surface area is 84.8 Å². The molecular weight excluding hydrogens is 182 g/mol. The summed E-state index contributed by atoms with van der Waals surface area (Å²) >= 11 is 0. The van der Waals surface area contributed by atoms with Gasteiger partial charge in [-0.15, -0.1) is 0 Å². The molecule has 14 heavy (non-hydrogen) atoms. The molecule has 2 saturated heterocycles. The summed E-state index contributed by atoms with van der Waals surface area (Å²) in [6.45, 7) is 5.40. The second kappa shape index (κ2) is 3.45. The lowest BCUT2D eigenvalue weighted by atomic mass is 10.1. The van der Waals surface area contributed by atoms with Crippen molar-refractivity contribution in [3.8, 4) is 0 Å². The molecule has 2 rings (SSSR count). The Morgan fingerprint density at radius 1 is 1.21 bits per heavy atom. The largest absolute Gasteiger partial charge is 0.392 e. The number of ether oxygens (including phenoxy) is 2. The Morgan fingerprint density at radius 2 is 1.86 bits per heavy atom. The Bertz CT molecular complexity index is 199. The van der Waals surface area contributed by atoms with Gasteiger partial charge in [-0.2, -0.15) is 0 Å². The highest BCUT2D eigenvalue weighted by molar-refractivity contribution is 4.88. The first-order valence-electron chi connectivity index (χ1n) is 5.18. The maximum Gasteiger partial charge on any atom is 0.163 e. The van der Waals surface area contributed by atoms with E-state index in [0.29, 0.717) is 13.0 Å². The van der Waals surface area contributed by atoms with Crippen molar-refractivity contribution < 1.29 is 14.6 Å². The van der Waals surface area contributed by atoms with Crippen LogP contribution in [0.3, 0.4) is 0 Å². The zero-order valence-corrected chi connectivity index (χ0v) is 9.06. The molecule has 4 heteroatoms. The van der Waals surface area contributed by atoms with E-state index in [1.54, 1.807) is 0 Å². The van der Waals surface area contributed by atoms with Crippen LogP contribution in [0.4, 0.5) is 0 Å². The van der Waals surface area contributed by atoms with Gasteiger partial charge in [-0.1, -0.05) is 0 Å². The first kappa shape index (κ1) is 10.4. The van der Waals surface area contributed by atoms with Gasteiger partial charge in [0.25, 0.3) is 0 Å². The number of nitrogens with zero attached hydrogens (tertiary/aromatic N) is 1. The molecule has 82 valence electrons. The molecule has 0 amide bonds. The van der Waals surface area contributed by atoms with Crippen LogP contribution < -0.4 is 0 Å². The molecule has 2 aliphatic heterocycles. The van der Waals surface area contributed by atoms with Crippen molar-refractivity contribution in [2.45, 2.75) is 44.4 Å². The van der Waals surface area contributed by atoms with Crippen LogP contribution in [0.25, 0.3) is 0 Å². The number of likely N-dealkylation sites (N-methyl/N-ethyl adjacent to an activating group) is 1. The molecule has 0 saturated carbocycles. The van der Waals surface area contributed by atoms with E-state index in [1.807, 2.05) is 20.9 Å². The van der Waals surface area contributed by atoms with E-state index >= 15 is 0 Å². The number of likely N-dealkylation sites (tertiary alicyclic amines) is 1. The third-order valence-electron chi connectivity index (χ3n) is 2.80. The minimum absolute atomic E-state index is 0.0462. The number of fused-ring (bicyclic) bond motifs is 1. The number of hydrogen-bond acceptors (Lipinski definition) is 4. The Kier molecular flexibility index (Phi) is 2.55.